The van der Waals surface area contributed by atoms with Crippen molar-refractivity contribution < 1.29 is 13.9 Å². The van der Waals surface area contributed by atoms with E-state index in [1.54, 1.807) is 24.3 Å². The molecule has 1 heterocycles. The largest absolute Gasteiger partial charge is 0.490 e. The summed E-state index contributed by atoms with van der Waals surface area (Å²) in [5.41, 5.74) is 6.88. The third-order valence-corrected chi connectivity index (χ3v) is 4.38. The van der Waals surface area contributed by atoms with Crippen LogP contribution in [-0.4, -0.2) is 16.8 Å². The number of benzene rings is 2. The molecule has 0 aliphatic rings. The Hall–Kier alpha value is -2.15. The van der Waals surface area contributed by atoms with Crippen LogP contribution in [0.4, 0.5) is 6.01 Å². The van der Waals surface area contributed by atoms with Gasteiger partial charge in [0.05, 0.1) is 21.7 Å². The summed E-state index contributed by atoms with van der Waals surface area (Å²) < 4.78 is 16.7. The van der Waals surface area contributed by atoms with E-state index in [0.717, 1.165) is 5.56 Å². The number of hydrogen-bond donors (Lipinski definition) is 1. The Kier molecular flexibility index (Phi) is 5.76. The molecule has 0 aliphatic carbocycles. The Morgan fingerprint density at radius 1 is 1.00 bits per heavy atom. The predicted octanol–water partition coefficient (Wildman–Crippen LogP) is 5.26. The third kappa shape index (κ3) is 4.15. The molecule has 3 rings (SSSR count). The summed E-state index contributed by atoms with van der Waals surface area (Å²) in [5, 5.41) is 8.75. The number of hydrogen-bond acceptors (Lipinski definition) is 6. The summed E-state index contributed by atoms with van der Waals surface area (Å²) in [5.74, 6) is 1.09. The van der Waals surface area contributed by atoms with Crippen LogP contribution in [0.5, 0.6) is 11.5 Å². The maximum atomic E-state index is 6.38. The number of ether oxygens (including phenoxy) is 2. The Labute approximate surface area is 164 Å². The second-order valence-corrected chi connectivity index (χ2v) is 6.42. The summed E-state index contributed by atoms with van der Waals surface area (Å²) in [6, 6.07) is 8.56. The highest BCUT2D eigenvalue weighted by Gasteiger charge is 2.17. The van der Waals surface area contributed by atoms with E-state index >= 15 is 0 Å². The molecule has 3 aromatic rings. The van der Waals surface area contributed by atoms with Crippen LogP contribution in [0.3, 0.4) is 0 Å². The van der Waals surface area contributed by atoms with Crippen LogP contribution < -0.4 is 15.2 Å². The van der Waals surface area contributed by atoms with Crippen molar-refractivity contribution in [2.24, 2.45) is 0 Å². The van der Waals surface area contributed by atoms with Crippen LogP contribution in [-0.2, 0) is 6.61 Å². The van der Waals surface area contributed by atoms with E-state index in [9.17, 15) is 0 Å². The van der Waals surface area contributed by atoms with E-state index in [0.29, 0.717) is 38.7 Å². The van der Waals surface area contributed by atoms with Gasteiger partial charge in [-0.05, 0) is 36.8 Å². The molecule has 0 unspecified atom stereocenters. The van der Waals surface area contributed by atoms with Gasteiger partial charge >= 0.3 is 6.01 Å². The van der Waals surface area contributed by atoms with Gasteiger partial charge in [0.1, 0.15) is 6.61 Å². The van der Waals surface area contributed by atoms with Gasteiger partial charge in [-0.3, -0.25) is 0 Å². The van der Waals surface area contributed by atoms with Crippen molar-refractivity contribution in [1.29, 1.82) is 0 Å². The van der Waals surface area contributed by atoms with Crippen LogP contribution in [0.25, 0.3) is 11.5 Å². The lowest BCUT2D eigenvalue weighted by Crippen LogP contribution is -2.01. The number of anilines is 1. The van der Waals surface area contributed by atoms with E-state index < -0.39 is 0 Å². The minimum absolute atomic E-state index is 0.0333. The van der Waals surface area contributed by atoms with Gasteiger partial charge in [-0.2, -0.15) is 0 Å². The lowest BCUT2D eigenvalue weighted by atomic mass is 10.2. The van der Waals surface area contributed by atoms with Crippen molar-refractivity contribution in [2.45, 2.75) is 13.5 Å². The Morgan fingerprint density at radius 2 is 1.81 bits per heavy atom. The quantitative estimate of drug-likeness (QED) is 0.592. The topological polar surface area (TPSA) is 83.4 Å². The van der Waals surface area contributed by atoms with E-state index in [2.05, 4.69) is 10.2 Å². The van der Waals surface area contributed by atoms with Gasteiger partial charge in [-0.25, -0.2) is 0 Å². The fourth-order valence-corrected chi connectivity index (χ4v) is 2.82. The van der Waals surface area contributed by atoms with Crippen molar-refractivity contribution in [3.8, 4) is 23.0 Å². The van der Waals surface area contributed by atoms with E-state index in [-0.39, 0.29) is 18.5 Å². The van der Waals surface area contributed by atoms with Crippen molar-refractivity contribution in [1.82, 2.24) is 10.2 Å². The lowest BCUT2D eigenvalue weighted by Gasteiger charge is -2.15. The second kappa shape index (κ2) is 8.03. The van der Waals surface area contributed by atoms with Crippen LogP contribution >= 0.6 is 34.8 Å². The maximum absolute atomic E-state index is 6.38. The number of nitrogen functional groups attached to an aromatic ring is 1. The highest BCUT2D eigenvalue weighted by atomic mass is 35.5. The average Bonchev–Trinajstić information content (AvgIpc) is 3.04. The minimum atomic E-state index is -0.0333. The molecule has 0 saturated heterocycles. The van der Waals surface area contributed by atoms with Gasteiger partial charge in [0.15, 0.2) is 11.5 Å². The van der Waals surface area contributed by atoms with Crippen LogP contribution in [0.2, 0.25) is 15.1 Å². The Bertz CT molecular complexity index is 931. The molecule has 1 aromatic heterocycles. The Balaban J connectivity index is 1.88. The summed E-state index contributed by atoms with van der Waals surface area (Å²) >= 11 is 18.3. The molecule has 2 aromatic carbocycles. The normalized spacial score (nSPS) is 10.8. The maximum Gasteiger partial charge on any atom is 0.313 e. The summed E-state index contributed by atoms with van der Waals surface area (Å²) in [6.07, 6.45) is 0. The van der Waals surface area contributed by atoms with E-state index in [1.165, 1.54) is 0 Å². The van der Waals surface area contributed by atoms with Crippen molar-refractivity contribution >= 4 is 40.8 Å². The predicted molar refractivity (Wildman–Crippen MR) is 101 cm³/mol. The molecule has 26 heavy (non-hydrogen) atoms. The molecule has 0 saturated carbocycles. The van der Waals surface area contributed by atoms with Crippen LogP contribution in [0.15, 0.2) is 34.7 Å². The van der Waals surface area contributed by atoms with Gasteiger partial charge < -0.3 is 19.6 Å². The smallest absolute Gasteiger partial charge is 0.313 e. The number of aromatic nitrogens is 2. The van der Waals surface area contributed by atoms with Gasteiger partial charge in [-0.15, -0.1) is 5.10 Å². The molecule has 0 radical (unpaired) electrons. The first kappa shape index (κ1) is 18.6. The van der Waals surface area contributed by atoms with Gasteiger partial charge in [0.2, 0.25) is 5.89 Å². The number of nitrogens with two attached hydrogens (primary N) is 1. The molecular formula is C17H14Cl3N3O3. The molecule has 0 bridgehead atoms. The van der Waals surface area contributed by atoms with Crippen LogP contribution in [0, 0.1) is 0 Å². The zero-order valence-corrected chi connectivity index (χ0v) is 15.9. The monoisotopic (exact) mass is 413 g/mol. The zero-order valence-electron chi connectivity index (χ0n) is 13.6. The molecule has 0 amide bonds. The summed E-state index contributed by atoms with van der Waals surface area (Å²) in [4.78, 5) is 0. The van der Waals surface area contributed by atoms with E-state index in [4.69, 9.17) is 54.4 Å². The molecule has 6 nitrogen and oxygen atoms in total. The van der Waals surface area contributed by atoms with E-state index in [1.807, 2.05) is 13.0 Å². The highest BCUT2D eigenvalue weighted by molar-refractivity contribution is 6.42. The summed E-state index contributed by atoms with van der Waals surface area (Å²) in [6.45, 7) is 2.52. The standard InChI is InChI=1S/C17H14Cl3N3O3/c1-2-24-14-7-10(16-22-23-17(21)26-16)6-13(20)15(14)25-8-9-3-4-11(18)12(19)5-9/h3-7H,2,8H2,1H3,(H2,21,23). The molecule has 2 N–H and O–H groups in total. The van der Waals surface area contributed by atoms with Gasteiger partial charge in [-0.1, -0.05) is 46.0 Å². The molecule has 0 spiro atoms. The van der Waals surface area contributed by atoms with Gasteiger partial charge in [0.25, 0.3) is 0 Å². The number of rotatable bonds is 6. The molecular weight excluding hydrogens is 401 g/mol. The van der Waals surface area contributed by atoms with Crippen molar-refractivity contribution in [3.63, 3.8) is 0 Å². The Morgan fingerprint density at radius 3 is 2.46 bits per heavy atom. The first-order chi connectivity index (χ1) is 12.5. The van der Waals surface area contributed by atoms with Crippen molar-refractivity contribution in [3.05, 3.63) is 51.0 Å². The minimum Gasteiger partial charge on any atom is -0.490 e. The fourth-order valence-electron chi connectivity index (χ4n) is 2.23. The first-order valence-electron chi connectivity index (χ1n) is 7.60. The lowest BCUT2D eigenvalue weighted by molar-refractivity contribution is 0.269. The zero-order chi connectivity index (χ0) is 18.7. The highest BCUT2D eigenvalue weighted by Crippen LogP contribution is 2.40. The third-order valence-electron chi connectivity index (χ3n) is 3.36. The fraction of sp³-hybridized carbons (Fsp3) is 0.176. The average molecular weight is 415 g/mol. The molecule has 9 heteroatoms. The molecule has 0 fully saturated rings. The van der Waals surface area contributed by atoms with Gasteiger partial charge in [0, 0.05) is 5.56 Å². The van der Waals surface area contributed by atoms with Crippen molar-refractivity contribution in [2.75, 3.05) is 12.3 Å². The number of nitrogens with zero attached hydrogens (tertiary/aromatic N) is 2. The summed E-state index contributed by atoms with van der Waals surface area (Å²) in [7, 11) is 0. The van der Waals surface area contributed by atoms with Crippen LogP contribution in [0.1, 0.15) is 12.5 Å². The second-order valence-electron chi connectivity index (χ2n) is 5.20. The number of halogens is 3. The molecule has 0 aliphatic heterocycles. The molecule has 136 valence electrons. The molecule has 0 atom stereocenters. The first-order valence-corrected chi connectivity index (χ1v) is 8.73. The SMILES string of the molecule is CCOc1cc(-c2nnc(N)o2)cc(Cl)c1OCc1ccc(Cl)c(Cl)c1.